The van der Waals surface area contributed by atoms with E-state index < -0.39 is 11.6 Å². The number of rotatable bonds is 4. The zero-order valence-electron chi connectivity index (χ0n) is 19.5. The highest BCUT2D eigenvalue weighted by atomic mass is 19.2. The van der Waals surface area contributed by atoms with Crippen LogP contribution in [0.5, 0.6) is 0 Å². The summed E-state index contributed by atoms with van der Waals surface area (Å²) in [5.41, 5.74) is 2.14. The van der Waals surface area contributed by atoms with Crippen molar-refractivity contribution in [2.24, 2.45) is 0 Å². The Labute approximate surface area is 199 Å². The van der Waals surface area contributed by atoms with Crippen LogP contribution in [-0.4, -0.2) is 77.9 Å². The van der Waals surface area contributed by atoms with Gasteiger partial charge in [0.05, 0.1) is 16.8 Å². The number of likely N-dealkylation sites (N-methyl/N-ethyl adjacent to an activating group) is 1. The quantitative estimate of drug-likeness (QED) is 0.573. The van der Waals surface area contributed by atoms with E-state index in [0.717, 1.165) is 76.0 Å². The molecule has 0 N–H and O–H groups in total. The monoisotopic (exact) mass is 464 g/mol. The van der Waals surface area contributed by atoms with Gasteiger partial charge < -0.3 is 9.80 Å². The number of hydrogen-bond acceptors (Lipinski definition) is 4. The number of halogens is 2. The average Bonchev–Trinajstić information content (AvgIpc) is 3.21. The fourth-order valence-electron chi connectivity index (χ4n) is 5.18. The van der Waals surface area contributed by atoms with E-state index >= 15 is 0 Å². The van der Waals surface area contributed by atoms with E-state index in [-0.39, 0.29) is 11.9 Å². The maximum atomic E-state index is 13.9. The van der Waals surface area contributed by atoms with E-state index in [4.69, 9.17) is 0 Å². The minimum absolute atomic E-state index is 0.0168. The number of pyridine rings is 1. The largest absolute Gasteiger partial charge is 0.334 e. The molecule has 0 aliphatic carbocycles. The highest BCUT2D eigenvalue weighted by Crippen LogP contribution is 2.29. The maximum absolute atomic E-state index is 13.9. The van der Waals surface area contributed by atoms with Crippen molar-refractivity contribution >= 4 is 16.8 Å². The number of benzene rings is 2. The van der Waals surface area contributed by atoms with Crippen molar-refractivity contribution in [3.63, 3.8) is 0 Å². The number of likely N-dealkylation sites (tertiary alicyclic amines) is 1. The molecule has 5 rings (SSSR count). The van der Waals surface area contributed by atoms with Crippen LogP contribution in [0.4, 0.5) is 8.78 Å². The number of carbonyl (C=O) groups excluding carboxylic acids is 1. The maximum Gasteiger partial charge on any atom is 0.254 e. The van der Waals surface area contributed by atoms with Gasteiger partial charge in [-0.05, 0) is 69.7 Å². The Morgan fingerprint density at radius 1 is 0.971 bits per heavy atom. The first-order chi connectivity index (χ1) is 16.5. The van der Waals surface area contributed by atoms with Crippen molar-refractivity contribution in [1.82, 2.24) is 19.7 Å². The average molecular weight is 465 g/mol. The fraction of sp³-hybridized carbons (Fsp3) is 0.407. The molecular weight excluding hydrogens is 434 g/mol. The Kier molecular flexibility index (Phi) is 6.57. The van der Waals surface area contributed by atoms with Crippen LogP contribution >= 0.6 is 0 Å². The summed E-state index contributed by atoms with van der Waals surface area (Å²) >= 11 is 0. The summed E-state index contributed by atoms with van der Waals surface area (Å²) in [4.78, 5) is 25.4. The van der Waals surface area contributed by atoms with Gasteiger partial charge in [0, 0.05) is 43.2 Å². The van der Waals surface area contributed by atoms with Crippen LogP contribution in [0.15, 0.2) is 48.5 Å². The van der Waals surface area contributed by atoms with Gasteiger partial charge in [-0.15, -0.1) is 0 Å². The molecule has 3 heterocycles. The molecule has 2 fully saturated rings. The number of fused-ring (bicyclic) bond motifs is 1. The molecule has 1 amide bonds. The van der Waals surface area contributed by atoms with Crippen LogP contribution in [0.3, 0.4) is 0 Å². The van der Waals surface area contributed by atoms with Gasteiger partial charge in [-0.1, -0.05) is 18.2 Å². The first-order valence-corrected chi connectivity index (χ1v) is 12.1. The molecule has 0 unspecified atom stereocenters. The lowest BCUT2D eigenvalue weighted by molar-refractivity contribution is 0.0703. The summed E-state index contributed by atoms with van der Waals surface area (Å²) in [6.07, 6.45) is 3.13. The van der Waals surface area contributed by atoms with Crippen molar-refractivity contribution in [3.05, 3.63) is 65.7 Å². The summed E-state index contributed by atoms with van der Waals surface area (Å²) in [6.45, 7) is 5.86. The molecule has 1 aromatic heterocycles. The minimum Gasteiger partial charge on any atom is -0.334 e. The molecule has 178 valence electrons. The first kappa shape index (κ1) is 22.9. The van der Waals surface area contributed by atoms with E-state index in [1.54, 1.807) is 6.07 Å². The van der Waals surface area contributed by atoms with Crippen LogP contribution in [-0.2, 0) is 0 Å². The normalized spacial score (nSPS) is 20.1. The number of para-hydroxylation sites is 1. The van der Waals surface area contributed by atoms with Crippen molar-refractivity contribution in [2.75, 3.05) is 46.3 Å². The highest BCUT2D eigenvalue weighted by molar-refractivity contribution is 6.07. The lowest BCUT2D eigenvalue weighted by atomic mass is 10.0. The molecule has 2 aromatic carbocycles. The molecule has 2 saturated heterocycles. The van der Waals surface area contributed by atoms with Crippen LogP contribution in [0.1, 0.15) is 29.6 Å². The van der Waals surface area contributed by atoms with Crippen molar-refractivity contribution < 1.29 is 13.6 Å². The smallest absolute Gasteiger partial charge is 0.254 e. The predicted octanol–water partition coefficient (Wildman–Crippen LogP) is 4.42. The van der Waals surface area contributed by atoms with Crippen molar-refractivity contribution in [2.45, 2.75) is 25.3 Å². The van der Waals surface area contributed by atoms with E-state index in [0.29, 0.717) is 22.3 Å². The SMILES string of the molecule is CN1CCCN(C[C@@H]2CCCN2C(=O)c2cc(-c3ccc(F)c(F)c3)nc3ccccc23)CC1. The third-order valence-electron chi connectivity index (χ3n) is 7.08. The summed E-state index contributed by atoms with van der Waals surface area (Å²) in [5, 5.41) is 0.779. The lowest BCUT2D eigenvalue weighted by Crippen LogP contribution is -2.44. The van der Waals surface area contributed by atoms with E-state index in [1.807, 2.05) is 29.2 Å². The molecule has 0 saturated carbocycles. The van der Waals surface area contributed by atoms with Gasteiger partial charge in [0.1, 0.15) is 0 Å². The molecule has 34 heavy (non-hydrogen) atoms. The summed E-state index contributed by atoms with van der Waals surface area (Å²) in [7, 11) is 2.16. The van der Waals surface area contributed by atoms with E-state index in [2.05, 4.69) is 21.8 Å². The van der Waals surface area contributed by atoms with Gasteiger partial charge in [-0.25, -0.2) is 13.8 Å². The molecule has 1 atom stereocenters. The predicted molar refractivity (Wildman–Crippen MR) is 130 cm³/mol. The number of aromatic nitrogens is 1. The third kappa shape index (κ3) is 4.68. The molecular formula is C27H30F2N4O. The van der Waals surface area contributed by atoms with Crippen molar-refractivity contribution in [1.29, 1.82) is 0 Å². The zero-order valence-corrected chi connectivity index (χ0v) is 19.5. The van der Waals surface area contributed by atoms with Gasteiger partial charge in [-0.3, -0.25) is 9.69 Å². The summed E-state index contributed by atoms with van der Waals surface area (Å²) < 4.78 is 27.4. The second-order valence-corrected chi connectivity index (χ2v) is 9.45. The second-order valence-electron chi connectivity index (χ2n) is 9.45. The second kappa shape index (κ2) is 9.76. The van der Waals surface area contributed by atoms with E-state index in [1.165, 1.54) is 6.07 Å². The Morgan fingerprint density at radius 2 is 1.82 bits per heavy atom. The van der Waals surface area contributed by atoms with Gasteiger partial charge in [-0.2, -0.15) is 0 Å². The molecule has 0 bridgehead atoms. The number of amides is 1. The number of hydrogen-bond donors (Lipinski definition) is 0. The topological polar surface area (TPSA) is 39.7 Å². The third-order valence-corrected chi connectivity index (χ3v) is 7.08. The van der Waals surface area contributed by atoms with Gasteiger partial charge in [0.25, 0.3) is 5.91 Å². The molecule has 3 aromatic rings. The standard InChI is InChI=1S/C27H30F2N4O/c1-31-11-5-12-32(15-14-31)18-20-6-4-13-33(20)27(34)22-17-26(19-9-10-23(28)24(29)16-19)30-25-8-3-2-7-21(22)25/h2-3,7-10,16-17,20H,4-6,11-15,18H2,1H3/t20-/m0/s1. The molecule has 2 aliphatic heterocycles. The fourth-order valence-corrected chi connectivity index (χ4v) is 5.18. The number of carbonyl (C=O) groups is 1. The Balaban J connectivity index is 1.46. The summed E-state index contributed by atoms with van der Waals surface area (Å²) in [6, 6.07) is 13.2. The molecule has 0 spiro atoms. The Bertz CT molecular complexity index is 1200. The van der Waals surface area contributed by atoms with E-state index in [9.17, 15) is 13.6 Å². The molecule has 0 radical (unpaired) electrons. The van der Waals surface area contributed by atoms with Gasteiger partial charge in [0.2, 0.25) is 0 Å². The van der Waals surface area contributed by atoms with Crippen LogP contribution in [0.25, 0.3) is 22.2 Å². The molecule has 2 aliphatic rings. The molecule has 7 heteroatoms. The van der Waals surface area contributed by atoms with Crippen LogP contribution in [0.2, 0.25) is 0 Å². The highest BCUT2D eigenvalue weighted by Gasteiger charge is 2.32. The minimum atomic E-state index is -0.928. The Hall–Kier alpha value is -2.90. The van der Waals surface area contributed by atoms with Crippen molar-refractivity contribution in [3.8, 4) is 11.3 Å². The van der Waals surface area contributed by atoms with Gasteiger partial charge in [0.15, 0.2) is 11.6 Å². The number of nitrogens with zero attached hydrogens (tertiary/aromatic N) is 4. The van der Waals surface area contributed by atoms with Crippen LogP contribution < -0.4 is 0 Å². The molecule has 5 nitrogen and oxygen atoms in total. The van der Waals surface area contributed by atoms with Crippen LogP contribution in [0, 0.1) is 11.6 Å². The first-order valence-electron chi connectivity index (χ1n) is 12.1. The summed E-state index contributed by atoms with van der Waals surface area (Å²) in [5.74, 6) is -1.85. The Morgan fingerprint density at radius 3 is 2.68 bits per heavy atom. The lowest BCUT2D eigenvalue weighted by Gasteiger charge is -2.30. The zero-order chi connectivity index (χ0) is 23.7. The van der Waals surface area contributed by atoms with Gasteiger partial charge >= 0.3 is 0 Å².